The van der Waals surface area contributed by atoms with Crippen LogP contribution in [0.1, 0.15) is 41.3 Å². The van der Waals surface area contributed by atoms with E-state index in [0.29, 0.717) is 13.1 Å². The van der Waals surface area contributed by atoms with Crippen molar-refractivity contribution in [1.29, 1.82) is 0 Å². The molecule has 0 aromatic carbocycles. The average Bonchev–Trinajstić information content (AvgIpc) is 2.46. The van der Waals surface area contributed by atoms with Crippen LogP contribution in [-0.4, -0.2) is 39.0 Å². The SMILES string of the molecule is O=C(c1cc(CO)nc(C(F)(F)F)n1)N1CCCCC1. The van der Waals surface area contributed by atoms with E-state index in [-0.39, 0.29) is 11.4 Å². The summed E-state index contributed by atoms with van der Waals surface area (Å²) in [7, 11) is 0. The summed E-state index contributed by atoms with van der Waals surface area (Å²) in [5.41, 5.74) is -0.536. The number of rotatable bonds is 2. The molecule has 1 aliphatic rings. The fraction of sp³-hybridized carbons (Fsp3) is 0.583. The molecule has 8 heteroatoms. The highest BCUT2D eigenvalue weighted by atomic mass is 19.4. The Kier molecular flexibility index (Phi) is 4.22. The number of hydrogen-bond donors (Lipinski definition) is 1. The Morgan fingerprint density at radius 1 is 1.25 bits per heavy atom. The number of piperidine rings is 1. The summed E-state index contributed by atoms with van der Waals surface area (Å²) in [6.45, 7) is 0.350. The number of aliphatic hydroxyl groups excluding tert-OH is 1. The van der Waals surface area contributed by atoms with E-state index in [2.05, 4.69) is 9.97 Å². The van der Waals surface area contributed by atoms with Crippen molar-refractivity contribution in [3.05, 3.63) is 23.3 Å². The van der Waals surface area contributed by atoms with E-state index in [1.54, 1.807) is 0 Å². The van der Waals surface area contributed by atoms with Crippen LogP contribution >= 0.6 is 0 Å². The van der Waals surface area contributed by atoms with Gasteiger partial charge in [-0.2, -0.15) is 13.2 Å². The first-order chi connectivity index (χ1) is 9.41. The van der Waals surface area contributed by atoms with E-state index >= 15 is 0 Å². The molecule has 1 amide bonds. The molecule has 1 aromatic rings. The number of alkyl halides is 3. The molecule has 0 atom stereocenters. The first-order valence-electron chi connectivity index (χ1n) is 6.27. The molecule has 2 rings (SSSR count). The van der Waals surface area contributed by atoms with Crippen molar-refractivity contribution < 1.29 is 23.1 Å². The summed E-state index contributed by atoms with van der Waals surface area (Å²) in [5, 5.41) is 8.96. The largest absolute Gasteiger partial charge is 0.451 e. The van der Waals surface area contributed by atoms with Gasteiger partial charge in [-0.3, -0.25) is 4.79 Å². The molecule has 20 heavy (non-hydrogen) atoms. The number of carbonyl (C=O) groups is 1. The highest BCUT2D eigenvalue weighted by molar-refractivity contribution is 5.92. The molecule has 1 fully saturated rings. The molecule has 0 aliphatic carbocycles. The molecule has 0 bridgehead atoms. The van der Waals surface area contributed by atoms with Gasteiger partial charge in [0.15, 0.2) is 0 Å². The number of hydrogen-bond acceptors (Lipinski definition) is 4. The number of nitrogens with zero attached hydrogens (tertiary/aromatic N) is 3. The molecular formula is C12H14F3N3O2. The number of likely N-dealkylation sites (tertiary alicyclic amines) is 1. The molecule has 0 spiro atoms. The van der Waals surface area contributed by atoms with Crippen molar-refractivity contribution in [2.45, 2.75) is 32.0 Å². The van der Waals surface area contributed by atoms with Crippen molar-refractivity contribution >= 4 is 5.91 Å². The standard InChI is InChI=1S/C12H14F3N3O2/c13-12(14,15)11-16-8(7-19)6-9(17-11)10(20)18-4-2-1-3-5-18/h6,19H,1-5,7H2. The second-order valence-electron chi connectivity index (χ2n) is 4.58. The second kappa shape index (κ2) is 5.74. The van der Waals surface area contributed by atoms with Gasteiger partial charge in [-0.15, -0.1) is 0 Å². The number of amides is 1. The Bertz CT molecular complexity index is 499. The van der Waals surface area contributed by atoms with Gasteiger partial charge in [0.1, 0.15) is 5.69 Å². The predicted octanol–water partition coefficient (Wildman–Crippen LogP) is 1.61. The van der Waals surface area contributed by atoms with Crippen LogP contribution in [-0.2, 0) is 12.8 Å². The minimum atomic E-state index is -4.75. The molecule has 0 radical (unpaired) electrons. The minimum absolute atomic E-state index is 0.215. The van der Waals surface area contributed by atoms with Crippen molar-refractivity contribution in [2.75, 3.05) is 13.1 Å². The van der Waals surface area contributed by atoms with Gasteiger partial charge in [-0.1, -0.05) is 0 Å². The summed E-state index contributed by atoms with van der Waals surface area (Å²) in [5.74, 6) is -1.95. The Morgan fingerprint density at radius 3 is 2.45 bits per heavy atom. The number of carbonyl (C=O) groups excluding carboxylic acids is 1. The first kappa shape index (κ1) is 14.7. The van der Waals surface area contributed by atoms with E-state index in [1.165, 1.54) is 4.90 Å². The fourth-order valence-electron chi connectivity index (χ4n) is 2.07. The zero-order valence-corrected chi connectivity index (χ0v) is 10.7. The molecule has 5 nitrogen and oxygen atoms in total. The van der Waals surface area contributed by atoms with Gasteiger partial charge >= 0.3 is 6.18 Å². The first-order valence-corrected chi connectivity index (χ1v) is 6.27. The van der Waals surface area contributed by atoms with Crippen LogP contribution in [0.25, 0.3) is 0 Å². The predicted molar refractivity (Wildman–Crippen MR) is 62.7 cm³/mol. The van der Waals surface area contributed by atoms with Gasteiger partial charge in [0.25, 0.3) is 5.91 Å². The summed E-state index contributed by atoms with van der Waals surface area (Å²) >= 11 is 0. The maximum Gasteiger partial charge on any atom is 0.451 e. The quantitative estimate of drug-likeness (QED) is 0.898. The van der Waals surface area contributed by atoms with E-state index in [9.17, 15) is 18.0 Å². The highest BCUT2D eigenvalue weighted by Gasteiger charge is 2.36. The minimum Gasteiger partial charge on any atom is -0.390 e. The molecule has 0 unspecified atom stereocenters. The number of aromatic nitrogens is 2. The van der Waals surface area contributed by atoms with Crippen molar-refractivity contribution in [3.63, 3.8) is 0 Å². The van der Waals surface area contributed by atoms with E-state index < -0.39 is 24.5 Å². The summed E-state index contributed by atoms with van der Waals surface area (Å²) in [6.07, 6.45) is -2.09. The maximum absolute atomic E-state index is 12.7. The van der Waals surface area contributed by atoms with E-state index in [1.807, 2.05) is 0 Å². The third-order valence-electron chi connectivity index (χ3n) is 3.06. The Labute approximate surface area is 113 Å². The van der Waals surface area contributed by atoms with E-state index in [4.69, 9.17) is 5.11 Å². The van der Waals surface area contributed by atoms with Gasteiger partial charge in [0, 0.05) is 13.1 Å². The second-order valence-corrected chi connectivity index (χ2v) is 4.58. The van der Waals surface area contributed by atoms with Crippen LogP contribution in [0.5, 0.6) is 0 Å². The van der Waals surface area contributed by atoms with Gasteiger partial charge in [0.2, 0.25) is 5.82 Å². The monoisotopic (exact) mass is 289 g/mol. The molecule has 1 N–H and O–H groups in total. The van der Waals surface area contributed by atoms with Gasteiger partial charge in [-0.25, -0.2) is 9.97 Å². The molecule has 0 saturated carbocycles. The van der Waals surface area contributed by atoms with Crippen LogP contribution in [0.2, 0.25) is 0 Å². The topological polar surface area (TPSA) is 66.3 Å². The average molecular weight is 289 g/mol. The molecule has 1 aromatic heterocycles. The smallest absolute Gasteiger partial charge is 0.390 e. The third kappa shape index (κ3) is 3.24. The van der Waals surface area contributed by atoms with Gasteiger partial charge < -0.3 is 10.0 Å². The van der Waals surface area contributed by atoms with E-state index in [0.717, 1.165) is 25.3 Å². The van der Waals surface area contributed by atoms with Crippen LogP contribution < -0.4 is 0 Å². The maximum atomic E-state index is 12.7. The van der Waals surface area contributed by atoms with Crippen molar-refractivity contribution in [1.82, 2.24) is 14.9 Å². The van der Waals surface area contributed by atoms with Crippen molar-refractivity contribution in [2.24, 2.45) is 0 Å². The lowest BCUT2D eigenvalue weighted by Crippen LogP contribution is -2.36. The Hall–Kier alpha value is -1.70. The lowest BCUT2D eigenvalue weighted by atomic mass is 10.1. The number of aliphatic hydroxyl groups is 1. The fourth-order valence-corrected chi connectivity index (χ4v) is 2.07. The summed E-state index contributed by atoms with van der Waals surface area (Å²) < 4.78 is 38.0. The highest BCUT2D eigenvalue weighted by Crippen LogP contribution is 2.26. The number of halogens is 3. The lowest BCUT2D eigenvalue weighted by molar-refractivity contribution is -0.145. The molecule has 1 aliphatic heterocycles. The molecular weight excluding hydrogens is 275 g/mol. The Morgan fingerprint density at radius 2 is 1.90 bits per heavy atom. The zero-order valence-electron chi connectivity index (χ0n) is 10.7. The summed E-state index contributed by atoms with van der Waals surface area (Å²) in [4.78, 5) is 20.1. The summed E-state index contributed by atoms with van der Waals surface area (Å²) in [6, 6.07) is 1.10. The zero-order chi connectivity index (χ0) is 14.8. The normalized spacial score (nSPS) is 16.3. The van der Waals surface area contributed by atoms with Crippen LogP contribution in [0, 0.1) is 0 Å². The molecule has 110 valence electrons. The van der Waals surface area contributed by atoms with Crippen LogP contribution in [0.15, 0.2) is 6.07 Å². The molecule has 1 saturated heterocycles. The lowest BCUT2D eigenvalue weighted by Gasteiger charge is -2.26. The Balaban J connectivity index is 2.32. The van der Waals surface area contributed by atoms with Crippen molar-refractivity contribution in [3.8, 4) is 0 Å². The van der Waals surface area contributed by atoms with Gasteiger partial charge in [0.05, 0.1) is 12.3 Å². The van der Waals surface area contributed by atoms with Gasteiger partial charge in [-0.05, 0) is 25.3 Å². The third-order valence-corrected chi connectivity index (χ3v) is 3.06. The molecule has 2 heterocycles. The van der Waals surface area contributed by atoms with Crippen LogP contribution in [0.3, 0.4) is 0 Å². The van der Waals surface area contributed by atoms with Crippen LogP contribution in [0.4, 0.5) is 13.2 Å².